The number of nitrogens with one attached hydrogen (secondary N) is 1. The van der Waals surface area contributed by atoms with Crippen molar-refractivity contribution >= 4 is 40.8 Å². The van der Waals surface area contributed by atoms with Crippen molar-refractivity contribution in [3.8, 4) is 11.1 Å². The average Bonchev–Trinajstić information content (AvgIpc) is 2.70. The van der Waals surface area contributed by atoms with E-state index in [1.807, 2.05) is 24.3 Å². The molecule has 0 unspecified atom stereocenters. The molecule has 0 atom stereocenters. The standard InChI is InChI=1S/C25H23Cl2NO3/c1-25(2,3)18-8-5-16(6-9-18)17-7-11-22(19(14-17)24(30)31)28-23(29)13-15-4-10-20(26)21(27)12-15/h4-12,14H,13H2,1-3H3,(H,28,29)(H,30,31). The summed E-state index contributed by atoms with van der Waals surface area (Å²) in [6.07, 6.45) is 0.0476. The molecule has 160 valence electrons. The van der Waals surface area contributed by atoms with Crippen molar-refractivity contribution in [2.75, 3.05) is 5.32 Å². The van der Waals surface area contributed by atoms with Crippen LogP contribution in [-0.2, 0) is 16.6 Å². The highest BCUT2D eigenvalue weighted by atomic mass is 35.5. The van der Waals surface area contributed by atoms with Gasteiger partial charge in [-0.3, -0.25) is 4.79 Å². The lowest BCUT2D eigenvalue weighted by Gasteiger charge is -2.19. The summed E-state index contributed by atoms with van der Waals surface area (Å²) in [5, 5.41) is 13.1. The minimum Gasteiger partial charge on any atom is -0.478 e. The van der Waals surface area contributed by atoms with Gasteiger partial charge in [-0.2, -0.15) is 0 Å². The van der Waals surface area contributed by atoms with Crippen molar-refractivity contribution in [3.63, 3.8) is 0 Å². The highest BCUT2D eigenvalue weighted by molar-refractivity contribution is 6.42. The number of aromatic carboxylic acids is 1. The zero-order valence-corrected chi connectivity index (χ0v) is 19.0. The number of halogens is 2. The Hall–Kier alpha value is -2.82. The van der Waals surface area contributed by atoms with Crippen LogP contribution < -0.4 is 5.32 Å². The van der Waals surface area contributed by atoms with E-state index in [0.717, 1.165) is 11.1 Å². The van der Waals surface area contributed by atoms with E-state index in [2.05, 4.69) is 26.1 Å². The number of carboxylic acids is 1. The molecule has 3 aromatic rings. The molecule has 31 heavy (non-hydrogen) atoms. The third-order valence-electron chi connectivity index (χ3n) is 4.96. The Morgan fingerprint density at radius 3 is 2.10 bits per heavy atom. The predicted octanol–water partition coefficient (Wildman–Crippen LogP) is 6.84. The fourth-order valence-electron chi connectivity index (χ4n) is 3.20. The molecule has 0 heterocycles. The van der Waals surface area contributed by atoms with Gasteiger partial charge in [-0.25, -0.2) is 4.79 Å². The number of hydrogen-bond acceptors (Lipinski definition) is 2. The molecule has 0 aliphatic heterocycles. The third kappa shape index (κ3) is 5.66. The second kappa shape index (κ2) is 9.13. The van der Waals surface area contributed by atoms with Gasteiger partial charge in [-0.15, -0.1) is 0 Å². The van der Waals surface area contributed by atoms with Crippen molar-refractivity contribution in [1.29, 1.82) is 0 Å². The van der Waals surface area contributed by atoms with Crippen LogP contribution in [0.1, 0.15) is 42.3 Å². The molecule has 0 aromatic heterocycles. The highest BCUT2D eigenvalue weighted by Crippen LogP contribution is 2.29. The highest BCUT2D eigenvalue weighted by Gasteiger charge is 2.16. The number of carbonyl (C=O) groups excluding carboxylic acids is 1. The number of rotatable bonds is 5. The maximum Gasteiger partial charge on any atom is 0.337 e. The number of anilines is 1. The van der Waals surface area contributed by atoms with E-state index in [-0.39, 0.29) is 29.0 Å². The molecular weight excluding hydrogens is 433 g/mol. The Labute approximate surface area is 191 Å². The molecule has 3 rings (SSSR count). The first-order chi connectivity index (χ1) is 14.5. The van der Waals surface area contributed by atoms with Gasteiger partial charge in [-0.1, -0.05) is 80.4 Å². The van der Waals surface area contributed by atoms with Gasteiger partial charge in [0.2, 0.25) is 5.91 Å². The van der Waals surface area contributed by atoms with Crippen LogP contribution >= 0.6 is 23.2 Å². The van der Waals surface area contributed by atoms with Gasteiger partial charge < -0.3 is 10.4 Å². The molecule has 4 nitrogen and oxygen atoms in total. The van der Waals surface area contributed by atoms with Gasteiger partial charge in [0.25, 0.3) is 0 Å². The fraction of sp³-hybridized carbons (Fsp3) is 0.200. The largest absolute Gasteiger partial charge is 0.478 e. The lowest BCUT2D eigenvalue weighted by atomic mass is 9.86. The predicted molar refractivity (Wildman–Crippen MR) is 126 cm³/mol. The molecular formula is C25H23Cl2NO3. The van der Waals surface area contributed by atoms with Crippen molar-refractivity contribution < 1.29 is 14.7 Å². The number of hydrogen-bond donors (Lipinski definition) is 2. The van der Waals surface area contributed by atoms with Crippen LogP contribution in [0.2, 0.25) is 10.0 Å². The Bertz CT molecular complexity index is 1130. The quantitative estimate of drug-likeness (QED) is 0.442. The lowest BCUT2D eigenvalue weighted by molar-refractivity contribution is -0.115. The summed E-state index contributed by atoms with van der Waals surface area (Å²) in [4.78, 5) is 24.3. The summed E-state index contributed by atoms with van der Waals surface area (Å²) in [6, 6.07) is 18.0. The van der Waals surface area contributed by atoms with E-state index in [4.69, 9.17) is 23.2 Å². The number of benzene rings is 3. The van der Waals surface area contributed by atoms with Gasteiger partial charge in [0, 0.05) is 0 Å². The second-order valence-electron chi connectivity index (χ2n) is 8.37. The summed E-state index contributed by atoms with van der Waals surface area (Å²) in [5.74, 6) is -1.46. The van der Waals surface area contributed by atoms with Gasteiger partial charge in [0.1, 0.15) is 0 Å². The van der Waals surface area contributed by atoms with Crippen LogP contribution in [0.15, 0.2) is 60.7 Å². The Morgan fingerprint density at radius 2 is 1.52 bits per heavy atom. The first-order valence-electron chi connectivity index (χ1n) is 9.76. The van der Waals surface area contributed by atoms with E-state index in [0.29, 0.717) is 15.6 Å². The Balaban J connectivity index is 1.82. The SMILES string of the molecule is CC(C)(C)c1ccc(-c2ccc(NC(=O)Cc3ccc(Cl)c(Cl)c3)c(C(=O)O)c2)cc1. The van der Waals surface area contributed by atoms with Gasteiger partial charge in [0.05, 0.1) is 27.7 Å². The number of carbonyl (C=O) groups is 2. The minimum absolute atomic E-state index is 0.0277. The summed E-state index contributed by atoms with van der Waals surface area (Å²) in [6.45, 7) is 6.42. The molecule has 6 heteroatoms. The van der Waals surface area contributed by atoms with Crippen LogP contribution in [-0.4, -0.2) is 17.0 Å². The van der Waals surface area contributed by atoms with Crippen molar-refractivity contribution in [2.24, 2.45) is 0 Å². The third-order valence-corrected chi connectivity index (χ3v) is 5.70. The summed E-state index contributed by atoms with van der Waals surface area (Å²) >= 11 is 11.9. The maximum atomic E-state index is 12.5. The van der Waals surface area contributed by atoms with Crippen LogP contribution in [0.3, 0.4) is 0 Å². The van der Waals surface area contributed by atoms with E-state index < -0.39 is 5.97 Å². The zero-order chi connectivity index (χ0) is 22.8. The molecule has 3 aromatic carbocycles. The molecule has 0 radical (unpaired) electrons. The summed E-state index contributed by atoms with van der Waals surface area (Å²) in [7, 11) is 0. The van der Waals surface area contributed by atoms with Crippen molar-refractivity contribution in [3.05, 3.63) is 87.4 Å². The van der Waals surface area contributed by atoms with E-state index >= 15 is 0 Å². The van der Waals surface area contributed by atoms with Crippen LogP contribution in [0.4, 0.5) is 5.69 Å². The molecule has 0 fully saturated rings. The topological polar surface area (TPSA) is 66.4 Å². The molecule has 0 bridgehead atoms. The number of amides is 1. The van der Waals surface area contributed by atoms with Gasteiger partial charge in [-0.05, 0) is 51.9 Å². The lowest BCUT2D eigenvalue weighted by Crippen LogP contribution is -2.17. The van der Waals surface area contributed by atoms with E-state index in [9.17, 15) is 14.7 Å². The zero-order valence-electron chi connectivity index (χ0n) is 17.5. The maximum absolute atomic E-state index is 12.5. The van der Waals surface area contributed by atoms with Gasteiger partial charge >= 0.3 is 5.97 Å². The van der Waals surface area contributed by atoms with E-state index in [1.165, 1.54) is 5.56 Å². The molecule has 2 N–H and O–H groups in total. The first kappa shape index (κ1) is 22.9. The average molecular weight is 456 g/mol. The van der Waals surface area contributed by atoms with Crippen molar-refractivity contribution in [1.82, 2.24) is 0 Å². The molecule has 0 aliphatic carbocycles. The normalized spacial score (nSPS) is 11.3. The molecule has 0 saturated carbocycles. The number of carboxylic acid groups (broad SMARTS) is 1. The first-order valence-corrected chi connectivity index (χ1v) is 10.5. The van der Waals surface area contributed by atoms with Crippen LogP contribution in [0, 0.1) is 0 Å². The van der Waals surface area contributed by atoms with Crippen LogP contribution in [0.5, 0.6) is 0 Å². The minimum atomic E-state index is -1.11. The van der Waals surface area contributed by atoms with E-state index in [1.54, 1.807) is 36.4 Å². The fourth-order valence-corrected chi connectivity index (χ4v) is 3.52. The van der Waals surface area contributed by atoms with Gasteiger partial charge in [0.15, 0.2) is 0 Å². The Kier molecular flexibility index (Phi) is 6.73. The monoisotopic (exact) mass is 455 g/mol. The Morgan fingerprint density at radius 1 is 0.871 bits per heavy atom. The molecule has 0 aliphatic rings. The van der Waals surface area contributed by atoms with Crippen LogP contribution in [0.25, 0.3) is 11.1 Å². The summed E-state index contributed by atoms with van der Waals surface area (Å²) in [5.41, 5.74) is 3.85. The molecule has 0 spiro atoms. The van der Waals surface area contributed by atoms with Crippen molar-refractivity contribution in [2.45, 2.75) is 32.6 Å². The second-order valence-corrected chi connectivity index (χ2v) is 9.18. The smallest absolute Gasteiger partial charge is 0.337 e. The molecule has 0 saturated heterocycles. The summed E-state index contributed by atoms with van der Waals surface area (Å²) < 4.78 is 0. The molecule has 1 amide bonds.